The number of nitrogens with zero attached hydrogens (tertiary/aromatic N) is 1. The van der Waals surface area contributed by atoms with E-state index in [0.29, 0.717) is 26.1 Å². The number of hydrogen-bond donors (Lipinski definition) is 2. The van der Waals surface area contributed by atoms with Crippen LogP contribution in [0.5, 0.6) is 0 Å². The molecule has 0 aliphatic rings. The number of thiophene rings is 1. The van der Waals surface area contributed by atoms with Gasteiger partial charge in [0.15, 0.2) is 0 Å². The summed E-state index contributed by atoms with van der Waals surface area (Å²) >= 11 is 1.56. The number of aliphatic hydroxyl groups excluding tert-OH is 1. The summed E-state index contributed by atoms with van der Waals surface area (Å²) in [7, 11) is 0. The van der Waals surface area contributed by atoms with Crippen LogP contribution in [0.15, 0.2) is 12.1 Å². The SMILES string of the molecule is CCN(CC)C(=O)NCc1ccc(C#CCCO)s1. The molecule has 0 saturated heterocycles. The van der Waals surface area contributed by atoms with E-state index in [1.807, 2.05) is 26.0 Å². The van der Waals surface area contributed by atoms with E-state index >= 15 is 0 Å². The van der Waals surface area contributed by atoms with Crippen molar-refractivity contribution in [2.45, 2.75) is 26.8 Å². The van der Waals surface area contributed by atoms with Crippen LogP contribution in [0.25, 0.3) is 0 Å². The van der Waals surface area contributed by atoms with E-state index in [4.69, 9.17) is 5.11 Å². The van der Waals surface area contributed by atoms with Crippen LogP contribution in [0, 0.1) is 11.8 Å². The second-order valence-electron chi connectivity index (χ2n) is 3.87. The van der Waals surface area contributed by atoms with Gasteiger partial charge < -0.3 is 15.3 Å². The van der Waals surface area contributed by atoms with E-state index in [0.717, 1.165) is 9.75 Å². The highest BCUT2D eigenvalue weighted by molar-refractivity contribution is 7.12. The Morgan fingerprint density at radius 2 is 2.16 bits per heavy atom. The van der Waals surface area contributed by atoms with Crippen molar-refractivity contribution >= 4 is 17.4 Å². The number of amides is 2. The minimum Gasteiger partial charge on any atom is -0.395 e. The minimum atomic E-state index is -0.0358. The van der Waals surface area contributed by atoms with Gasteiger partial charge in [0.05, 0.1) is 18.0 Å². The van der Waals surface area contributed by atoms with E-state index in [1.54, 1.807) is 16.2 Å². The molecular formula is C14H20N2O2S. The van der Waals surface area contributed by atoms with Crippen LogP contribution in [0.3, 0.4) is 0 Å². The molecular weight excluding hydrogens is 260 g/mol. The predicted molar refractivity (Wildman–Crippen MR) is 78.1 cm³/mol. The molecule has 104 valence electrons. The quantitative estimate of drug-likeness (QED) is 0.811. The average Bonchev–Trinajstić information content (AvgIpc) is 2.86. The Morgan fingerprint density at radius 1 is 1.42 bits per heavy atom. The number of rotatable bonds is 5. The maximum absolute atomic E-state index is 11.8. The van der Waals surface area contributed by atoms with Crippen molar-refractivity contribution in [3.63, 3.8) is 0 Å². The van der Waals surface area contributed by atoms with Crippen LogP contribution in [0.2, 0.25) is 0 Å². The van der Waals surface area contributed by atoms with Crippen molar-refractivity contribution in [2.75, 3.05) is 19.7 Å². The molecule has 1 heterocycles. The lowest BCUT2D eigenvalue weighted by atomic mass is 10.4. The third kappa shape index (κ3) is 5.33. The van der Waals surface area contributed by atoms with Crippen LogP contribution in [-0.4, -0.2) is 35.7 Å². The number of nitrogens with one attached hydrogen (secondary N) is 1. The molecule has 0 fully saturated rings. The average molecular weight is 280 g/mol. The lowest BCUT2D eigenvalue weighted by Gasteiger charge is -2.18. The van der Waals surface area contributed by atoms with Crippen molar-refractivity contribution in [3.8, 4) is 11.8 Å². The second-order valence-corrected chi connectivity index (χ2v) is 5.04. The molecule has 2 amide bonds. The van der Waals surface area contributed by atoms with E-state index in [1.165, 1.54) is 0 Å². The summed E-state index contributed by atoms with van der Waals surface area (Å²) < 4.78 is 0. The van der Waals surface area contributed by atoms with Gasteiger partial charge in [-0.3, -0.25) is 0 Å². The van der Waals surface area contributed by atoms with E-state index in [-0.39, 0.29) is 12.6 Å². The molecule has 0 bridgehead atoms. The molecule has 2 N–H and O–H groups in total. The highest BCUT2D eigenvalue weighted by atomic mass is 32.1. The number of urea groups is 1. The number of carbonyl (C=O) groups excluding carboxylic acids is 1. The summed E-state index contributed by atoms with van der Waals surface area (Å²) in [4.78, 5) is 15.5. The smallest absolute Gasteiger partial charge is 0.317 e. The standard InChI is InChI=1S/C14H20N2O2S/c1-3-16(4-2)14(18)15-11-13-9-8-12(19-13)7-5-6-10-17/h8-9,17H,3-4,6,10-11H2,1-2H3,(H,15,18). The summed E-state index contributed by atoms with van der Waals surface area (Å²) in [5, 5.41) is 11.5. The maximum Gasteiger partial charge on any atom is 0.317 e. The molecule has 0 aliphatic heterocycles. The normalized spacial score (nSPS) is 9.63. The first kappa shape index (κ1) is 15.5. The molecule has 0 unspecified atom stereocenters. The molecule has 19 heavy (non-hydrogen) atoms. The lowest BCUT2D eigenvalue weighted by Crippen LogP contribution is -2.39. The van der Waals surface area contributed by atoms with Gasteiger partial charge in [-0.2, -0.15) is 0 Å². The predicted octanol–water partition coefficient (Wildman–Crippen LogP) is 2.03. The van der Waals surface area contributed by atoms with Gasteiger partial charge in [0.25, 0.3) is 0 Å². The summed E-state index contributed by atoms with van der Waals surface area (Å²) in [6.45, 7) is 5.97. The first-order valence-corrected chi connectivity index (χ1v) is 7.24. The van der Waals surface area contributed by atoms with Crippen molar-refractivity contribution in [1.29, 1.82) is 0 Å². The van der Waals surface area contributed by atoms with Gasteiger partial charge in [0.1, 0.15) is 0 Å². The van der Waals surface area contributed by atoms with Crippen LogP contribution in [0.4, 0.5) is 4.79 Å². The van der Waals surface area contributed by atoms with E-state index in [2.05, 4.69) is 17.2 Å². The van der Waals surface area contributed by atoms with Crippen molar-refractivity contribution in [2.24, 2.45) is 0 Å². The van der Waals surface area contributed by atoms with Crippen molar-refractivity contribution < 1.29 is 9.90 Å². The molecule has 0 aromatic carbocycles. The monoisotopic (exact) mass is 280 g/mol. The Balaban J connectivity index is 2.46. The molecule has 0 aliphatic carbocycles. The lowest BCUT2D eigenvalue weighted by molar-refractivity contribution is 0.203. The summed E-state index contributed by atoms with van der Waals surface area (Å²) in [6, 6.07) is 3.87. The van der Waals surface area contributed by atoms with Crippen molar-refractivity contribution in [3.05, 3.63) is 21.9 Å². The van der Waals surface area contributed by atoms with Crippen LogP contribution in [-0.2, 0) is 6.54 Å². The fraction of sp³-hybridized carbons (Fsp3) is 0.500. The number of carbonyl (C=O) groups is 1. The van der Waals surface area contributed by atoms with Gasteiger partial charge in [-0.1, -0.05) is 11.8 Å². The van der Waals surface area contributed by atoms with E-state index < -0.39 is 0 Å². The second kappa shape index (κ2) is 8.57. The number of aliphatic hydroxyl groups is 1. The molecule has 0 spiro atoms. The maximum atomic E-state index is 11.8. The van der Waals surface area contributed by atoms with Crippen molar-refractivity contribution in [1.82, 2.24) is 10.2 Å². The van der Waals surface area contributed by atoms with Gasteiger partial charge in [-0.25, -0.2) is 4.79 Å². The summed E-state index contributed by atoms with van der Waals surface area (Å²) in [5.74, 6) is 5.86. The molecule has 4 nitrogen and oxygen atoms in total. The van der Waals surface area contributed by atoms with Gasteiger partial charge in [0.2, 0.25) is 0 Å². The fourth-order valence-electron chi connectivity index (χ4n) is 1.53. The Morgan fingerprint density at radius 3 is 2.79 bits per heavy atom. The fourth-order valence-corrected chi connectivity index (χ4v) is 2.35. The topological polar surface area (TPSA) is 52.6 Å². The Hall–Kier alpha value is -1.51. The zero-order valence-electron chi connectivity index (χ0n) is 11.4. The molecule has 0 radical (unpaired) electrons. The van der Waals surface area contributed by atoms with Gasteiger partial charge >= 0.3 is 6.03 Å². The van der Waals surface area contributed by atoms with Crippen LogP contribution < -0.4 is 5.32 Å². The first-order chi connectivity index (χ1) is 9.21. The van der Waals surface area contributed by atoms with Crippen LogP contribution in [0.1, 0.15) is 30.0 Å². The van der Waals surface area contributed by atoms with Gasteiger partial charge in [-0.05, 0) is 26.0 Å². The summed E-state index contributed by atoms with van der Waals surface area (Å²) in [6.07, 6.45) is 0.492. The molecule has 5 heteroatoms. The zero-order valence-corrected chi connectivity index (χ0v) is 12.2. The zero-order chi connectivity index (χ0) is 14.1. The molecule has 1 aromatic rings. The molecule has 1 aromatic heterocycles. The van der Waals surface area contributed by atoms with Gasteiger partial charge in [-0.15, -0.1) is 11.3 Å². The Kier molecular flexibility index (Phi) is 7.01. The van der Waals surface area contributed by atoms with Gasteiger partial charge in [0, 0.05) is 24.4 Å². The Bertz CT molecular complexity index is 456. The molecule has 0 atom stereocenters. The highest BCUT2D eigenvalue weighted by Crippen LogP contribution is 2.15. The number of hydrogen-bond acceptors (Lipinski definition) is 3. The summed E-state index contributed by atoms with van der Waals surface area (Å²) in [5.41, 5.74) is 0. The highest BCUT2D eigenvalue weighted by Gasteiger charge is 2.08. The van der Waals surface area contributed by atoms with Crippen LogP contribution >= 0.6 is 11.3 Å². The molecule has 1 rings (SSSR count). The molecule has 0 saturated carbocycles. The first-order valence-electron chi connectivity index (χ1n) is 6.42. The minimum absolute atomic E-state index is 0.0358. The third-order valence-corrected chi connectivity index (χ3v) is 3.58. The largest absolute Gasteiger partial charge is 0.395 e. The third-order valence-electron chi connectivity index (χ3n) is 2.57. The van der Waals surface area contributed by atoms with E-state index in [9.17, 15) is 4.79 Å². The Labute approximate surface area is 118 Å².